The van der Waals surface area contributed by atoms with Crippen LogP contribution in [0.5, 0.6) is 0 Å². The van der Waals surface area contributed by atoms with Crippen molar-refractivity contribution in [1.29, 1.82) is 0 Å². The lowest BCUT2D eigenvalue weighted by atomic mass is 10.2. The number of hydrogen-bond donors (Lipinski definition) is 2. The number of carbonyl (C=O) groups is 3. The third kappa shape index (κ3) is 3.88. The van der Waals surface area contributed by atoms with Crippen molar-refractivity contribution in [2.24, 2.45) is 0 Å². The summed E-state index contributed by atoms with van der Waals surface area (Å²) in [4.78, 5) is 37.7. The topological polar surface area (TPSA) is 91.7 Å². The molecule has 1 fully saturated rings. The first-order valence-corrected chi connectivity index (χ1v) is 8.07. The monoisotopic (exact) mass is 341 g/mol. The van der Waals surface area contributed by atoms with Crippen molar-refractivity contribution in [2.75, 3.05) is 17.2 Å². The van der Waals surface area contributed by atoms with E-state index in [-0.39, 0.29) is 23.5 Å². The fraction of sp³-hybridized carbons (Fsp3) is 0.278. The van der Waals surface area contributed by atoms with Crippen LogP contribution in [0.1, 0.15) is 30.3 Å². The summed E-state index contributed by atoms with van der Waals surface area (Å²) in [5.74, 6) is -0.492. The number of benzene rings is 1. The number of amides is 3. The summed E-state index contributed by atoms with van der Waals surface area (Å²) < 4.78 is 5.14. The zero-order valence-electron chi connectivity index (χ0n) is 13.8. The molecule has 2 N–H and O–H groups in total. The fourth-order valence-corrected chi connectivity index (χ4v) is 2.93. The van der Waals surface area contributed by atoms with Gasteiger partial charge in [-0.1, -0.05) is 6.07 Å². The first-order chi connectivity index (χ1) is 12.0. The van der Waals surface area contributed by atoms with Crippen molar-refractivity contribution >= 4 is 29.1 Å². The third-order valence-corrected chi connectivity index (χ3v) is 4.00. The summed E-state index contributed by atoms with van der Waals surface area (Å²) in [5.41, 5.74) is 1.16. The van der Waals surface area contributed by atoms with Crippen LogP contribution in [0.4, 0.5) is 11.4 Å². The van der Waals surface area contributed by atoms with Gasteiger partial charge in [-0.3, -0.25) is 14.4 Å². The van der Waals surface area contributed by atoms with Gasteiger partial charge in [-0.25, -0.2) is 0 Å². The summed E-state index contributed by atoms with van der Waals surface area (Å²) in [7, 11) is 0. The number of nitrogens with zero attached hydrogens (tertiary/aromatic N) is 1. The molecule has 1 aliphatic rings. The maximum atomic E-state index is 12.6. The molecule has 1 aromatic heterocycles. The minimum atomic E-state index is -0.540. The Labute approximate surface area is 145 Å². The molecule has 25 heavy (non-hydrogen) atoms. The van der Waals surface area contributed by atoms with Gasteiger partial charge in [0.2, 0.25) is 11.8 Å². The smallest absolute Gasteiger partial charge is 0.290 e. The maximum absolute atomic E-state index is 12.6. The van der Waals surface area contributed by atoms with Gasteiger partial charge in [0.25, 0.3) is 5.91 Å². The van der Waals surface area contributed by atoms with Crippen molar-refractivity contribution in [3.63, 3.8) is 0 Å². The lowest BCUT2D eigenvalue weighted by Crippen LogP contribution is -2.43. The van der Waals surface area contributed by atoms with E-state index in [0.29, 0.717) is 24.3 Å². The Morgan fingerprint density at radius 3 is 2.56 bits per heavy atom. The minimum absolute atomic E-state index is 0.186. The summed E-state index contributed by atoms with van der Waals surface area (Å²) in [6.45, 7) is 1.94. The number of furan rings is 1. The zero-order valence-corrected chi connectivity index (χ0v) is 13.8. The van der Waals surface area contributed by atoms with E-state index in [9.17, 15) is 14.4 Å². The van der Waals surface area contributed by atoms with Crippen LogP contribution in [0.2, 0.25) is 0 Å². The Hall–Kier alpha value is -3.09. The Balaban J connectivity index is 1.70. The van der Waals surface area contributed by atoms with E-state index in [1.165, 1.54) is 18.1 Å². The SMILES string of the molecule is CC(=O)Nc1cccc(NC(=O)[C@H]2CCCN2C(=O)c2ccco2)c1. The Kier molecular flexibility index (Phi) is 4.83. The fourth-order valence-electron chi connectivity index (χ4n) is 2.93. The average molecular weight is 341 g/mol. The van der Waals surface area contributed by atoms with Gasteiger partial charge in [-0.15, -0.1) is 0 Å². The molecule has 7 heteroatoms. The van der Waals surface area contributed by atoms with Crippen LogP contribution in [0.15, 0.2) is 47.1 Å². The molecule has 1 aliphatic heterocycles. The molecule has 0 radical (unpaired) electrons. The van der Waals surface area contributed by atoms with Gasteiger partial charge >= 0.3 is 0 Å². The molecule has 130 valence electrons. The predicted octanol–water partition coefficient (Wildman–Crippen LogP) is 2.48. The highest BCUT2D eigenvalue weighted by Crippen LogP contribution is 2.23. The van der Waals surface area contributed by atoms with Crippen molar-refractivity contribution in [3.8, 4) is 0 Å². The highest BCUT2D eigenvalue weighted by atomic mass is 16.3. The molecule has 7 nitrogen and oxygen atoms in total. The Bertz CT molecular complexity index is 785. The van der Waals surface area contributed by atoms with Crippen molar-refractivity contribution in [2.45, 2.75) is 25.8 Å². The first kappa shape index (κ1) is 16.8. The van der Waals surface area contributed by atoms with Gasteiger partial charge in [0.05, 0.1) is 6.26 Å². The van der Waals surface area contributed by atoms with Gasteiger partial charge in [0.1, 0.15) is 6.04 Å². The largest absolute Gasteiger partial charge is 0.459 e. The number of carbonyl (C=O) groups excluding carboxylic acids is 3. The molecular formula is C18H19N3O4. The summed E-state index contributed by atoms with van der Waals surface area (Å²) in [5, 5.41) is 5.48. The number of likely N-dealkylation sites (tertiary alicyclic amines) is 1. The molecule has 0 unspecified atom stereocenters. The van der Waals surface area contributed by atoms with E-state index in [1.54, 1.807) is 36.4 Å². The molecule has 0 bridgehead atoms. The second-order valence-corrected chi connectivity index (χ2v) is 5.89. The Morgan fingerprint density at radius 1 is 1.12 bits per heavy atom. The molecule has 2 aromatic rings. The highest BCUT2D eigenvalue weighted by molar-refractivity contribution is 6.01. The Morgan fingerprint density at radius 2 is 1.88 bits per heavy atom. The van der Waals surface area contributed by atoms with Crippen LogP contribution in [0.25, 0.3) is 0 Å². The molecule has 2 heterocycles. The molecule has 1 aromatic carbocycles. The average Bonchev–Trinajstić information content (AvgIpc) is 3.26. The van der Waals surface area contributed by atoms with Crippen LogP contribution in [0, 0.1) is 0 Å². The second kappa shape index (κ2) is 7.21. The van der Waals surface area contributed by atoms with Crippen molar-refractivity contribution in [3.05, 3.63) is 48.4 Å². The molecule has 0 spiro atoms. The highest BCUT2D eigenvalue weighted by Gasteiger charge is 2.35. The lowest BCUT2D eigenvalue weighted by Gasteiger charge is -2.23. The van der Waals surface area contributed by atoms with E-state index in [2.05, 4.69) is 10.6 Å². The molecule has 1 saturated heterocycles. The molecular weight excluding hydrogens is 322 g/mol. The molecule has 0 aliphatic carbocycles. The van der Waals surface area contributed by atoms with E-state index in [1.807, 2.05) is 0 Å². The lowest BCUT2D eigenvalue weighted by molar-refractivity contribution is -0.119. The van der Waals surface area contributed by atoms with Gasteiger partial charge < -0.3 is 20.0 Å². The number of nitrogens with one attached hydrogen (secondary N) is 2. The number of anilines is 2. The van der Waals surface area contributed by atoms with Crippen molar-refractivity contribution < 1.29 is 18.8 Å². The van der Waals surface area contributed by atoms with Crippen molar-refractivity contribution in [1.82, 2.24) is 4.90 Å². The van der Waals surface area contributed by atoms with E-state index >= 15 is 0 Å². The standard InChI is InChI=1S/C18H19N3O4/c1-12(22)19-13-5-2-6-14(11-13)20-17(23)15-7-3-9-21(15)18(24)16-8-4-10-25-16/h2,4-6,8,10-11,15H,3,7,9H2,1H3,(H,19,22)(H,20,23)/t15-/m1/s1. The van der Waals surface area contributed by atoms with E-state index in [0.717, 1.165) is 6.42 Å². The molecule has 1 atom stereocenters. The molecule has 3 rings (SSSR count). The summed E-state index contributed by atoms with van der Waals surface area (Å²) in [6, 6.07) is 9.57. The normalized spacial score (nSPS) is 16.5. The van der Waals surface area contributed by atoms with Crippen LogP contribution >= 0.6 is 0 Å². The van der Waals surface area contributed by atoms with Gasteiger partial charge in [0, 0.05) is 24.8 Å². The minimum Gasteiger partial charge on any atom is -0.459 e. The summed E-state index contributed by atoms with van der Waals surface area (Å²) >= 11 is 0. The van der Waals surface area contributed by atoms with Crippen LogP contribution < -0.4 is 10.6 Å². The predicted molar refractivity (Wildman–Crippen MR) is 92.1 cm³/mol. The van der Waals surface area contributed by atoms with Gasteiger partial charge in [0.15, 0.2) is 5.76 Å². The van der Waals surface area contributed by atoms with E-state index < -0.39 is 6.04 Å². The van der Waals surface area contributed by atoms with E-state index in [4.69, 9.17) is 4.42 Å². The second-order valence-electron chi connectivity index (χ2n) is 5.89. The molecule has 3 amide bonds. The van der Waals surface area contributed by atoms with Crippen LogP contribution in [-0.2, 0) is 9.59 Å². The zero-order chi connectivity index (χ0) is 17.8. The third-order valence-electron chi connectivity index (χ3n) is 4.00. The first-order valence-electron chi connectivity index (χ1n) is 8.07. The van der Waals surface area contributed by atoms with Crippen LogP contribution in [-0.4, -0.2) is 35.2 Å². The van der Waals surface area contributed by atoms with Gasteiger partial charge in [-0.2, -0.15) is 0 Å². The molecule has 0 saturated carbocycles. The quantitative estimate of drug-likeness (QED) is 0.894. The summed E-state index contributed by atoms with van der Waals surface area (Å²) in [6.07, 6.45) is 2.80. The van der Waals surface area contributed by atoms with Gasteiger partial charge in [-0.05, 0) is 43.2 Å². The maximum Gasteiger partial charge on any atom is 0.290 e. The van der Waals surface area contributed by atoms with Crippen LogP contribution in [0.3, 0.4) is 0 Å². The number of hydrogen-bond acceptors (Lipinski definition) is 4. The number of rotatable bonds is 4.